The van der Waals surface area contributed by atoms with E-state index in [0.29, 0.717) is 10.6 Å². The van der Waals surface area contributed by atoms with Gasteiger partial charge < -0.3 is 20.0 Å². The Balaban J connectivity index is 1.65. The van der Waals surface area contributed by atoms with Gasteiger partial charge in [-0.05, 0) is 42.1 Å². The van der Waals surface area contributed by atoms with E-state index >= 15 is 4.39 Å². The molecule has 7 nitrogen and oxygen atoms in total. The molecule has 0 fully saturated rings. The van der Waals surface area contributed by atoms with Crippen LogP contribution in [0.25, 0.3) is 0 Å². The van der Waals surface area contributed by atoms with E-state index in [1.807, 2.05) is 31.2 Å². The van der Waals surface area contributed by atoms with Gasteiger partial charge in [-0.25, -0.2) is 4.39 Å². The van der Waals surface area contributed by atoms with Crippen molar-refractivity contribution in [2.24, 2.45) is 0 Å². The standard InChI is InChI=1S/C28H26FN3O4S/c1-19-10-12-20(13-11-19)18-32(25(33)17-31-27(34)24-9-5-15-37-24)26(22-7-2-3-8-23(22)29)28(35)30-16-21-6-4-14-36-21/h2-15,26H,16-18H2,1H3,(H,30,35)(H,31,34)/t26-/m1/s1. The van der Waals surface area contributed by atoms with Crippen LogP contribution >= 0.6 is 11.3 Å². The van der Waals surface area contributed by atoms with Crippen LogP contribution < -0.4 is 10.6 Å². The first-order valence-corrected chi connectivity index (χ1v) is 12.5. The molecule has 0 aliphatic carbocycles. The number of nitrogens with zero attached hydrogens (tertiary/aromatic N) is 1. The molecule has 0 radical (unpaired) electrons. The molecule has 0 unspecified atom stereocenters. The summed E-state index contributed by atoms with van der Waals surface area (Å²) in [6.45, 7) is 1.68. The predicted octanol–water partition coefficient (Wildman–Crippen LogP) is 4.60. The number of halogens is 1. The molecule has 0 aliphatic rings. The number of amides is 3. The molecule has 190 valence electrons. The second-order valence-electron chi connectivity index (χ2n) is 8.39. The zero-order chi connectivity index (χ0) is 26.2. The average molecular weight is 520 g/mol. The number of furan rings is 1. The molecule has 3 amide bonds. The summed E-state index contributed by atoms with van der Waals surface area (Å²) in [6, 6.07) is 18.8. The average Bonchev–Trinajstić information content (AvgIpc) is 3.62. The van der Waals surface area contributed by atoms with Crippen molar-refractivity contribution in [1.82, 2.24) is 15.5 Å². The summed E-state index contributed by atoms with van der Waals surface area (Å²) in [6.07, 6.45) is 1.49. The Morgan fingerprint density at radius 3 is 2.43 bits per heavy atom. The molecular formula is C28H26FN3O4S. The van der Waals surface area contributed by atoms with Crippen LogP contribution in [0.5, 0.6) is 0 Å². The van der Waals surface area contributed by atoms with Crippen LogP contribution in [0.15, 0.2) is 88.9 Å². The number of benzene rings is 2. The van der Waals surface area contributed by atoms with Crippen molar-refractivity contribution in [2.45, 2.75) is 26.1 Å². The Hall–Kier alpha value is -4.24. The van der Waals surface area contributed by atoms with Crippen molar-refractivity contribution >= 4 is 29.1 Å². The summed E-state index contributed by atoms with van der Waals surface area (Å²) in [5.41, 5.74) is 1.83. The fourth-order valence-corrected chi connectivity index (χ4v) is 4.44. The number of hydrogen-bond acceptors (Lipinski definition) is 5. The van der Waals surface area contributed by atoms with Gasteiger partial charge in [0.2, 0.25) is 11.8 Å². The minimum absolute atomic E-state index is 0.0289. The molecular weight excluding hydrogens is 493 g/mol. The normalized spacial score (nSPS) is 11.5. The lowest BCUT2D eigenvalue weighted by Gasteiger charge is -2.32. The summed E-state index contributed by atoms with van der Waals surface area (Å²) in [5, 5.41) is 7.13. The highest BCUT2D eigenvalue weighted by Crippen LogP contribution is 2.26. The topological polar surface area (TPSA) is 91.7 Å². The van der Waals surface area contributed by atoms with E-state index in [9.17, 15) is 14.4 Å². The van der Waals surface area contributed by atoms with E-state index in [2.05, 4.69) is 10.6 Å². The van der Waals surface area contributed by atoms with Gasteiger partial charge >= 0.3 is 0 Å². The second kappa shape index (κ2) is 12.1. The number of carbonyl (C=O) groups excluding carboxylic acids is 3. The first-order chi connectivity index (χ1) is 17.9. The predicted molar refractivity (Wildman–Crippen MR) is 138 cm³/mol. The first kappa shape index (κ1) is 25.8. The highest BCUT2D eigenvalue weighted by atomic mass is 32.1. The fraction of sp³-hybridized carbons (Fsp3) is 0.179. The summed E-state index contributed by atoms with van der Waals surface area (Å²) >= 11 is 1.25. The van der Waals surface area contributed by atoms with Crippen LogP contribution in [0.3, 0.4) is 0 Å². The first-order valence-electron chi connectivity index (χ1n) is 11.6. The maximum atomic E-state index is 15.0. The highest BCUT2D eigenvalue weighted by molar-refractivity contribution is 7.12. The molecule has 2 aromatic heterocycles. The van der Waals surface area contributed by atoms with Gasteiger partial charge in [0.25, 0.3) is 5.91 Å². The van der Waals surface area contributed by atoms with E-state index in [-0.39, 0.29) is 25.2 Å². The zero-order valence-electron chi connectivity index (χ0n) is 20.1. The summed E-state index contributed by atoms with van der Waals surface area (Å²) < 4.78 is 20.3. The zero-order valence-corrected chi connectivity index (χ0v) is 21.0. The van der Waals surface area contributed by atoms with E-state index < -0.39 is 29.6 Å². The number of aryl methyl sites for hydroxylation is 1. The molecule has 0 aliphatic heterocycles. The summed E-state index contributed by atoms with van der Waals surface area (Å²) in [7, 11) is 0. The van der Waals surface area contributed by atoms with Gasteiger partial charge in [0, 0.05) is 12.1 Å². The molecule has 0 bridgehead atoms. The van der Waals surface area contributed by atoms with Crippen molar-refractivity contribution in [3.05, 3.63) is 118 Å². The van der Waals surface area contributed by atoms with Gasteiger partial charge in [0.15, 0.2) is 0 Å². The number of thiophene rings is 1. The van der Waals surface area contributed by atoms with Gasteiger partial charge in [0.1, 0.15) is 17.6 Å². The highest BCUT2D eigenvalue weighted by Gasteiger charge is 2.33. The third-order valence-electron chi connectivity index (χ3n) is 5.72. The van der Waals surface area contributed by atoms with Crippen LogP contribution in [0.1, 0.15) is 38.2 Å². The Morgan fingerprint density at radius 1 is 0.973 bits per heavy atom. The summed E-state index contributed by atoms with van der Waals surface area (Å²) in [5.74, 6) is -1.62. The Morgan fingerprint density at radius 2 is 1.76 bits per heavy atom. The minimum atomic E-state index is -1.29. The lowest BCUT2D eigenvalue weighted by Crippen LogP contribution is -2.47. The number of rotatable bonds is 10. The molecule has 2 N–H and O–H groups in total. The van der Waals surface area contributed by atoms with Gasteiger partial charge in [-0.2, -0.15) is 0 Å². The van der Waals surface area contributed by atoms with Gasteiger partial charge in [0.05, 0.1) is 24.2 Å². The van der Waals surface area contributed by atoms with Crippen LogP contribution in [0.2, 0.25) is 0 Å². The van der Waals surface area contributed by atoms with Crippen molar-refractivity contribution < 1.29 is 23.2 Å². The Bertz CT molecular complexity index is 1340. The minimum Gasteiger partial charge on any atom is -0.467 e. The molecule has 0 saturated carbocycles. The molecule has 37 heavy (non-hydrogen) atoms. The molecule has 9 heteroatoms. The molecule has 4 aromatic rings. The Labute approximate surface area is 217 Å². The van der Waals surface area contributed by atoms with Crippen molar-refractivity contribution in [3.8, 4) is 0 Å². The van der Waals surface area contributed by atoms with E-state index in [1.54, 1.807) is 35.7 Å². The maximum Gasteiger partial charge on any atom is 0.261 e. The fourth-order valence-electron chi connectivity index (χ4n) is 3.80. The van der Waals surface area contributed by atoms with Gasteiger partial charge in [-0.15, -0.1) is 11.3 Å². The van der Waals surface area contributed by atoms with Crippen LogP contribution in [-0.4, -0.2) is 29.2 Å². The molecule has 1 atom stereocenters. The van der Waals surface area contributed by atoms with E-state index in [0.717, 1.165) is 11.1 Å². The molecule has 2 heterocycles. The van der Waals surface area contributed by atoms with Crippen LogP contribution in [-0.2, 0) is 22.7 Å². The summed E-state index contributed by atoms with van der Waals surface area (Å²) in [4.78, 5) is 41.3. The van der Waals surface area contributed by atoms with E-state index in [4.69, 9.17) is 4.42 Å². The lowest BCUT2D eigenvalue weighted by atomic mass is 10.0. The third-order valence-corrected chi connectivity index (χ3v) is 6.58. The largest absolute Gasteiger partial charge is 0.467 e. The van der Waals surface area contributed by atoms with Crippen LogP contribution in [0.4, 0.5) is 4.39 Å². The van der Waals surface area contributed by atoms with Crippen molar-refractivity contribution in [2.75, 3.05) is 6.54 Å². The monoisotopic (exact) mass is 519 g/mol. The second-order valence-corrected chi connectivity index (χ2v) is 9.34. The Kier molecular flexibility index (Phi) is 8.48. The quantitative estimate of drug-likeness (QED) is 0.320. The third kappa shape index (κ3) is 6.71. The number of nitrogens with one attached hydrogen (secondary N) is 2. The maximum absolute atomic E-state index is 15.0. The van der Waals surface area contributed by atoms with Gasteiger partial charge in [-0.3, -0.25) is 14.4 Å². The molecule has 0 saturated heterocycles. The van der Waals surface area contributed by atoms with Gasteiger partial charge in [-0.1, -0.05) is 54.1 Å². The lowest BCUT2D eigenvalue weighted by molar-refractivity contribution is -0.141. The smallest absolute Gasteiger partial charge is 0.261 e. The molecule has 0 spiro atoms. The van der Waals surface area contributed by atoms with Crippen LogP contribution in [0, 0.1) is 12.7 Å². The van der Waals surface area contributed by atoms with E-state index in [1.165, 1.54) is 40.7 Å². The number of hydrogen-bond donors (Lipinski definition) is 2. The SMILES string of the molecule is Cc1ccc(CN(C(=O)CNC(=O)c2cccs2)[C@@H](C(=O)NCc2ccco2)c2ccccc2F)cc1. The molecule has 2 aromatic carbocycles. The van der Waals surface area contributed by atoms with Crippen molar-refractivity contribution in [1.29, 1.82) is 0 Å². The molecule has 4 rings (SSSR count). The van der Waals surface area contributed by atoms with Crippen molar-refractivity contribution in [3.63, 3.8) is 0 Å². The number of carbonyl (C=O) groups is 3.